The second-order valence-corrected chi connectivity index (χ2v) is 7.46. The summed E-state index contributed by atoms with van der Waals surface area (Å²) in [7, 11) is 1.75. The molecule has 0 bridgehead atoms. The van der Waals surface area contributed by atoms with Gasteiger partial charge in [-0.15, -0.1) is 0 Å². The fourth-order valence-electron chi connectivity index (χ4n) is 2.95. The van der Waals surface area contributed by atoms with Gasteiger partial charge in [0.1, 0.15) is 0 Å². The number of ether oxygens (including phenoxy) is 2. The van der Waals surface area contributed by atoms with E-state index >= 15 is 0 Å². The zero-order valence-electron chi connectivity index (χ0n) is 15.8. The fourth-order valence-corrected chi connectivity index (χ4v) is 3.81. The van der Waals surface area contributed by atoms with Crippen molar-refractivity contribution < 1.29 is 23.9 Å². The van der Waals surface area contributed by atoms with Crippen LogP contribution in [0.4, 0.5) is 4.79 Å². The highest BCUT2D eigenvalue weighted by Gasteiger charge is 2.34. The van der Waals surface area contributed by atoms with Crippen LogP contribution in [0.2, 0.25) is 0 Å². The molecule has 1 saturated heterocycles. The number of rotatable bonds is 5. The summed E-state index contributed by atoms with van der Waals surface area (Å²) < 4.78 is 12.2. The SMILES string of the molecule is Cc1c(C(=O)NCCN2C(=O)S/C(=C/c3ccc4c(c3)OCO4)C2=O)cnn1C. The summed E-state index contributed by atoms with van der Waals surface area (Å²) in [5.74, 6) is 0.573. The van der Waals surface area contributed by atoms with Crippen molar-refractivity contribution in [1.82, 2.24) is 20.0 Å². The molecule has 3 amide bonds. The average Bonchev–Trinajstić information content (AvgIpc) is 3.36. The van der Waals surface area contributed by atoms with Crippen molar-refractivity contribution >= 4 is 34.9 Å². The van der Waals surface area contributed by atoms with E-state index in [0.29, 0.717) is 22.0 Å². The van der Waals surface area contributed by atoms with E-state index in [1.165, 1.54) is 6.20 Å². The van der Waals surface area contributed by atoms with E-state index in [9.17, 15) is 14.4 Å². The first kappa shape index (κ1) is 19.1. The van der Waals surface area contributed by atoms with Crippen LogP contribution in [0.1, 0.15) is 21.6 Å². The van der Waals surface area contributed by atoms with Crippen LogP contribution >= 0.6 is 11.8 Å². The molecule has 0 aliphatic carbocycles. The molecule has 150 valence electrons. The number of carbonyl (C=O) groups excluding carboxylic acids is 3. The van der Waals surface area contributed by atoms with Gasteiger partial charge in [-0.05, 0) is 42.5 Å². The van der Waals surface area contributed by atoms with E-state index in [0.717, 1.165) is 27.9 Å². The number of hydrogen-bond donors (Lipinski definition) is 1. The van der Waals surface area contributed by atoms with Gasteiger partial charge in [-0.1, -0.05) is 6.07 Å². The molecule has 0 atom stereocenters. The molecule has 9 nitrogen and oxygen atoms in total. The molecule has 4 rings (SSSR count). The van der Waals surface area contributed by atoms with Gasteiger partial charge in [0.05, 0.1) is 16.7 Å². The van der Waals surface area contributed by atoms with Gasteiger partial charge in [0.25, 0.3) is 17.1 Å². The van der Waals surface area contributed by atoms with E-state index in [2.05, 4.69) is 10.4 Å². The Labute approximate surface area is 170 Å². The number of fused-ring (bicyclic) bond motifs is 1. The molecule has 0 saturated carbocycles. The molecule has 1 aromatic heterocycles. The third kappa shape index (κ3) is 3.70. The van der Waals surface area contributed by atoms with Gasteiger partial charge in [-0.3, -0.25) is 24.0 Å². The molecular formula is C19H18N4O5S. The Hall–Kier alpha value is -3.27. The number of hydrogen-bond acceptors (Lipinski definition) is 7. The minimum atomic E-state index is -0.385. The van der Waals surface area contributed by atoms with Crippen LogP contribution < -0.4 is 14.8 Å². The lowest BCUT2D eigenvalue weighted by atomic mass is 10.2. The second kappa shape index (κ2) is 7.63. The second-order valence-electron chi connectivity index (χ2n) is 6.47. The average molecular weight is 414 g/mol. The Balaban J connectivity index is 1.38. The number of aromatic nitrogens is 2. The molecule has 1 fully saturated rings. The number of amides is 3. The number of carbonyl (C=O) groups is 3. The van der Waals surface area contributed by atoms with E-state index in [4.69, 9.17) is 9.47 Å². The molecule has 2 aromatic rings. The molecule has 10 heteroatoms. The van der Waals surface area contributed by atoms with Gasteiger partial charge < -0.3 is 14.8 Å². The first-order chi connectivity index (χ1) is 13.9. The Kier molecular flexibility index (Phi) is 5.01. The monoisotopic (exact) mass is 414 g/mol. The zero-order valence-corrected chi connectivity index (χ0v) is 16.6. The van der Waals surface area contributed by atoms with Gasteiger partial charge >= 0.3 is 0 Å². The summed E-state index contributed by atoms with van der Waals surface area (Å²) in [6.07, 6.45) is 3.13. The first-order valence-corrected chi connectivity index (χ1v) is 9.67. The largest absolute Gasteiger partial charge is 0.454 e. The van der Waals surface area contributed by atoms with Gasteiger partial charge in [0, 0.05) is 25.8 Å². The lowest BCUT2D eigenvalue weighted by Gasteiger charge is -2.12. The van der Waals surface area contributed by atoms with Gasteiger partial charge in [0.2, 0.25) is 6.79 Å². The first-order valence-electron chi connectivity index (χ1n) is 8.86. The number of nitrogens with one attached hydrogen (secondary N) is 1. The van der Waals surface area contributed by atoms with Crippen molar-refractivity contribution in [1.29, 1.82) is 0 Å². The molecule has 2 aliphatic rings. The maximum absolute atomic E-state index is 12.6. The van der Waals surface area contributed by atoms with Crippen LogP contribution in [0.15, 0.2) is 29.3 Å². The highest BCUT2D eigenvalue weighted by molar-refractivity contribution is 8.18. The molecule has 0 radical (unpaired) electrons. The molecule has 3 heterocycles. The van der Waals surface area contributed by atoms with Crippen LogP contribution in [0.25, 0.3) is 6.08 Å². The van der Waals surface area contributed by atoms with Crippen molar-refractivity contribution in [3.05, 3.63) is 46.1 Å². The lowest BCUT2D eigenvalue weighted by Crippen LogP contribution is -2.37. The number of thioether (sulfide) groups is 1. The van der Waals surface area contributed by atoms with E-state index in [-0.39, 0.29) is 36.9 Å². The predicted octanol–water partition coefficient (Wildman–Crippen LogP) is 1.92. The summed E-state index contributed by atoms with van der Waals surface area (Å²) in [5.41, 5.74) is 1.93. The van der Waals surface area contributed by atoms with Crippen molar-refractivity contribution in [2.24, 2.45) is 7.05 Å². The fraction of sp³-hybridized carbons (Fsp3) is 0.263. The molecule has 1 aromatic carbocycles. The maximum atomic E-state index is 12.6. The van der Waals surface area contributed by atoms with Crippen LogP contribution in [0.5, 0.6) is 11.5 Å². The van der Waals surface area contributed by atoms with E-state index in [1.54, 1.807) is 42.9 Å². The summed E-state index contributed by atoms with van der Waals surface area (Å²) >= 11 is 0.871. The zero-order chi connectivity index (χ0) is 20.5. The van der Waals surface area contributed by atoms with Crippen molar-refractivity contribution in [3.8, 4) is 11.5 Å². The smallest absolute Gasteiger partial charge is 0.293 e. The topological polar surface area (TPSA) is 103 Å². The van der Waals surface area contributed by atoms with Crippen molar-refractivity contribution in [2.45, 2.75) is 6.92 Å². The Morgan fingerprint density at radius 2 is 2.10 bits per heavy atom. The number of imide groups is 1. The normalized spacial score (nSPS) is 16.8. The van der Waals surface area contributed by atoms with Gasteiger partial charge in [-0.25, -0.2) is 0 Å². The molecular weight excluding hydrogens is 396 g/mol. The third-order valence-electron chi connectivity index (χ3n) is 4.67. The standard InChI is InChI=1S/C19H18N4O5S/c1-11-13(9-21-22(11)2)17(24)20-5-6-23-18(25)16(29-19(23)26)8-12-3-4-14-15(7-12)28-10-27-14/h3-4,7-9H,5-6,10H2,1-2H3,(H,20,24)/b16-8+. The molecule has 2 aliphatic heterocycles. The maximum Gasteiger partial charge on any atom is 0.293 e. The minimum absolute atomic E-state index is 0.0915. The van der Waals surface area contributed by atoms with Crippen molar-refractivity contribution in [2.75, 3.05) is 19.9 Å². The highest BCUT2D eigenvalue weighted by atomic mass is 32.2. The molecule has 29 heavy (non-hydrogen) atoms. The number of benzene rings is 1. The lowest BCUT2D eigenvalue weighted by molar-refractivity contribution is -0.122. The van der Waals surface area contributed by atoms with E-state index < -0.39 is 0 Å². The third-order valence-corrected chi connectivity index (χ3v) is 5.58. The summed E-state index contributed by atoms with van der Waals surface area (Å²) in [4.78, 5) is 38.5. The molecule has 1 N–H and O–H groups in total. The number of aryl methyl sites for hydroxylation is 1. The Bertz CT molecular complexity index is 1050. The quantitative estimate of drug-likeness (QED) is 0.746. The highest BCUT2D eigenvalue weighted by Crippen LogP contribution is 2.36. The van der Waals surface area contributed by atoms with Gasteiger partial charge in [-0.2, -0.15) is 5.10 Å². The van der Waals surface area contributed by atoms with Crippen LogP contribution in [-0.2, 0) is 11.8 Å². The predicted molar refractivity (Wildman–Crippen MR) is 106 cm³/mol. The van der Waals surface area contributed by atoms with Crippen LogP contribution in [0.3, 0.4) is 0 Å². The molecule has 0 spiro atoms. The summed E-state index contributed by atoms with van der Waals surface area (Å²) in [6.45, 7) is 2.20. The summed E-state index contributed by atoms with van der Waals surface area (Å²) in [6, 6.07) is 5.30. The molecule has 0 unspecified atom stereocenters. The van der Waals surface area contributed by atoms with E-state index in [1.807, 2.05) is 0 Å². The minimum Gasteiger partial charge on any atom is -0.454 e. The van der Waals surface area contributed by atoms with Gasteiger partial charge in [0.15, 0.2) is 11.5 Å². The number of nitrogens with zero attached hydrogens (tertiary/aromatic N) is 3. The Morgan fingerprint density at radius 1 is 1.31 bits per heavy atom. The van der Waals surface area contributed by atoms with Crippen LogP contribution in [0, 0.1) is 6.92 Å². The Morgan fingerprint density at radius 3 is 2.86 bits per heavy atom. The summed E-state index contributed by atoms with van der Waals surface area (Å²) in [5, 5.41) is 6.38. The van der Waals surface area contributed by atoms with Crippen molar-refractivity contribution in [3.63, 3.8) is 0 Å². The van der Waals surface area contributed by atoms with Crippen LogP contribution in [-0.4, -0.2) is 51.6 Å².